The van der Waals surface area contributed by atoms with Crippen LogP contribution in [0.1, 0.15) is 183 Å². The van der Waals surface area contributed by atoms with Gasteiger partial charge in [0.05, 0.1) is 17.0 Å². The maximum atomic E-state index is 14.6. The van der Waals surface area contributed by atoms with Crippen molar-refractivity contribution in [2.45, 2.75) is 228 Å². The summed E-state index contributed by atoms with van der Waals surface area (Å²) < 4.78 is 48.0. The lowest BCUT2D eigenvalue weighted by Gasteiger charge is -2.61. The van der Waals surface area contributed by atoms with Gasteiger partial charge >= 0.3 is 23.9 Å². The van der Waals surface area contributed by atoms with Crippen LogP contribution in [0.3, 0.4) is 0 Å². The van der Waals surface area contributed by atoms with Crippen LogP contribution in [-0.4, -0.2) is 105 Å². The maximum Gasteiger partial charge on any atom is 0.338 e. The highest BCUT2D eigenvalue weighted by Gasteiger charge is 2.92. The van der Waals surface area contributed by atoms with Crippen molar-refractivity contribution in [1.29, 1.82) is 0 Å². The molecule has 4 aliphatic heterocycles. The van der Waals surface area contributed by atoms with E-state index in [0.717, 1.165) is 44.9 Å². The Labute approximate surface area is 427 Å². The van der Waals surface area contributed by atoms with Crippen molar-refractivity contribution in [2.75, 3.05) is 6.61 Å². The number of rotatable bonds is 21. The van der Waals surface area contributed by atoms with Gasteiger partial charge in [-0.2, -0.15) is 0 Å². The number of benzene rings is 2. The summed E-state index contributed by atoms with van der Waals surface area (Å²) in [5, 5.41) is 40.2. The Hall–Kier alpha value is -3.69. The van der Waals surface area contributed by atoms with E-state index in [1.807, 2.05) is 13.8 Å². The Balaban J connectivity index is 1.08. The van der Waals surface area contributed by atoms with E-state index in [1.54, 1.807) is 60.7 Å². The minimum atomic E-state index is -2.39. The van der Waals surface area contributed by atoms with Gasteiger partial charge in [-0.05, 0) is 67.4 Å². The first-order chi connectivity index (χ1) is 34.7. The number of esters is 3. The standard InChI is InChI=1S/C59H82O13/c1-6-7-8-9-10-11-12-13-14-15-16-17-28-35-45(61)66-37-56-51(69-56)47-50-55(38(2)3)36-44(67-52(62)41-30-23-20-24-31-41)58(47)48-46(39(4)29-22-18-19-27-34-43(60)59(70-50,71-55)72-58)40(5)49(57(48,65)54(56)64)68-53(63)42-32-25-21-26-33-42/h20-21,23-26,30-33,39-40,43-44,46-51,54,60,64-65H,2,6-19,22,27-29,34-37H2,1,3-5H3. The van der Waals surface area contributed by atoms with Crippen molar-refractivity contribution >= 4 is 17.9 Å². The molecular formula is C59H82O13. The molecule has 3 bridgehead atoms. The third-order valence-corrected chi connectivity index (χ3v) is 18.3. The molecular weight excluding hydrogens is 917 g/mol. The fourth-order valence-electron chi connectivity index (χ4n) is 14.6. The van der Waals surface area contributed by atoms with Crippen LogP contribution in [-0.2, 0) is 38.0 Å². The van der Waals surface area contributed by atoms with Gasteiger partial charge in [0.1, 0.15) is 60.0 Å². The van der Waals surface area contributed by atoms with Gasteiger partial charge in [0.2, 0.25) is 0 Å². The molecule has 0 amide bonds. The molecule has 2 spiro atoms. The van der Waals surface area contributed by atoms with Crippen LogP contribution in [0.5, 0.6) is 0 Å². The quantitative estimate of drug-likeness (QED) is 0.0354. The number of hydrogen-bond donors (Lipinski definition) is 3. The van der Waals surface area contributed by atoms with Crippen LogP contribution in [0.2, 0.25) is 0 Å². The molecule has 396 valence electrons. The molecule has 7 aliphatic rings. The number of hydrogen-bond acceptors (Lipinski definition) is 13. The molecule has 16 atom stereocenters. The molecule has 4 heterocycles. The normalized spacial score (nSPS) is 39.3. The van der Waals surface area contributed by atoms with Crippen molar-refractivity contribution in [3.8, 4) is 0 Å². The molecule has 3 saturated carbocycles. The minimum absolute atomic E-state index is 0.0308. The van der Waals surface area contributed by atoms with Gasteiger partial charge in [0.25, 0.3) is 0 Å². The second-order valence-corrected chi connectivity index (χ2v) is 22.9. The number of unbranched alkanes of at least 4 members (excludes halogenated alkanes) is 12. The van der Waals surface area contributed by atoms with Gasteiger partial charge in [-0.3, -0.25) is 4.79 Å². The van der Waals surface area contributed by atoms with Crippen LogP contribution < -0.4 is 0 Å². The van der Waals surface area contributed by atoms with E-state index in [0.29, 0.717) is 18.4 Å². The Morgan fingerprint density at radius 1 is 0.722 bits per heavy atom. The van der Waals surface area contributed by atoms with Crippen molar-refractivity contribution in [3.63, 3.8) is 0 Å². The summed E-state index contributed by atoms with van der Waals surface area (Å²) in [6, 6.07) is 17.2. The zero-order valence-electron chi connectivity index (χ0n) is 43.3. The molecule has 0 aromatic heterocycles. The summed E-state index contributed by atoms with van der Waals surface area (Å²) in [6.45, 7) is 12.1. The van der Waals surface area contributed by atoms with Gasteiger partial charge in [0, 0.05) is 18.8 Å². The van der Waals surface area contributed by atoms with Crippen LogP contribution in [0.4, 0.5) is 0 Å². The zero-order valence-corrected chi connectivity index (χ0v) is 43.3. The van der Waals surface area contributed by atoms with E-state index in [4.69, 9.17) is 33.2 Å². The fraction of sp³-hybridized carbons (Fsp3) is 0.712. The minimum Gasteiger partial charge on any atom is -0.462 e. The summed E-state index contributed by atoms with van der Waals surface area (Å²) in [7, 11) is 0. The van der Waals surface area contributed by atoms with Crippen molar-refractivity contribution in [3.05, 3.63) is 83.9 Å². The molecule has 7 fully saturated rings. The molecule has 3 aliphatic carbocycles. The number of carbonyl (C=O) groups excluding carboxylic acids is 3. The van der Waals surface area contributed by atoms with E-state index in [9.17, 15) is 29.7 Å². The molecule has 2 aromatic rings. The number of carbonyl (C=O) groups is 3. The van der Waals surface area contributed by atoms with Crippen LogP contribution in [0, 0.1) is 29.6 Å². The number of fused-ring (bicyclic) bond motifs is 1. The molecule has 4 saturated heterocycles. The SMILES string of the molecule is C=C(C)C12CC(OC(=O)c3ccccc3)C34OC5(OC1C3C1OC1(COC(=O)CCCCCCCCCCCCCCC)C(O)C1(O)C(OC(=O)c3ccccc3)C(C)C(C(C)CCCCCCC5O)C14)O2. The highest BCUT2D eigenvalue weighted by Crippen LogP contribution is 2.75. The second kappa shape index (κ2) is 21.9. The molecule has 9 rings (SSSR count). The average molecular weight is 999 g/mol. The molecule has 2 aromatic carbocycles. The lowest BCUT2D eigenvalue weighted by molar-refractivity contribution is -0.460. The maximum absolute atomic E-state index is 14.6. The van der Waals surface area contributed by atoms with Crippen molar-refractivity contribution in [2.24, 2.45) is 29.6 Å². The third-order valence-electron chi connectivity index (χ3n) is 18.3. The molecule has 72 heavy (non-hydrogen) atoms. The molecule has 0 radical (unpaired) electrons. The monoisotopic (exact) mass is 999 g/mol. The smallest absolute Gasteiger partial charge is 0.338 e. The van der Waals surface area contributed by atoms with E-state index in [-0.39, 0.29) is 36.3 Å². The fourth-order valence-corrected chi connectivity index (χ4v) is 14.6. The predicted molar refractivity (Wildman–Crippen MR) is 268 cm³/mol. The van der Waals surface area contributed by atoms with Crippen LogP contribution >= 0.6 is 0 Å². The lowest BCUT2D eigenvalue weighted by Crippen LogP contribution is -2.77. The van der Waals surface area contributed by atoms with Gasteiger partial charge in [-0.1, -0.05) is 173 Å². The Morgan fingerprint density at radius 2 is 1.29 bits per heavy atom. The Bertz CT molecular complexity index is 2210. The summed E-state index contributed by atoms with van der Waals surface area (Å²) in [5.74, 6) is -7.37. The Morgan fingerprint density at radius 3 is 1.89 bits per heavy atom. The summed E-state index contributed by atoms with van der Waals surface area (Å²) in [5.41, 5.74) is -6.30. The first-order valence-corrected chi connectivity index (χ1v) is 27.9. The summed E-state index contributed by atoms with van der Waals surface area (Å²) >= 11 is 0. The van der Waals surface area contributed by atoms with E-state index in [1.165, 1.54) is 57.8 Å². The van der Waals surface area contributed by atoms with E-state index in [2.05, 4.69) is 20.4 Å². The Kier molecular flexibility index (Phi) is 16.1. The van der Waals surface area contributed by atoms with Crippen LogP contribution in [0.25, 0.3) is 0 Å². The average Bonchev–Trinajstić information content (AvgIpc) is 4.00. The lowest BCUT2D eigenvalue weighted by atomic mass is 9.54. The largest absolute Gasteiger partial charge is 0.462 e. The van der Waals surface area contributed by atoms with E-state index >= 15 is 0 Å². The summed E-state index contributed by atoms with van der Waals surface area (Å²) in [4.78, 5) is 42.8. The molecule has 3 N–H and O–H groups in total. The van der Waals surface area contributed by atoms with Gasteiger partial charge in [0.15, 0.2) is 5.60 Å². The number of ether oxygens (including phenoxy) is 7. The number of aliphatic hydroxyl groups excluding tert-OH is 2. The number of aliphatic hydroxyl groups is 3. The van der Waals surface area contributed by atoms with Gasteiger partial charge in [-0.15, -0.1) is 0 Å². The first kappa shape index (κ1) is 53.1. The molecule has 13 nitrogen and oxygen atoms in total. The van der Waals surface area contributed by atoms with Gasteiger partial charge in [-0.25, -0.2) is 9.59 Å². The highest BCUT2D eigenvalue weighted by molar-refractivity contribution is 5.90. The predicted octanol–water partition coefficient (Wildman–Crippen LogP) is 10.1. The molecule has 13 heteroatoms. The van der Waals surface area contributed by atoms with Crippen molar-refractivity contribution in [1.82, 2.24) is 0 Å². The van der Waals surface area contributed by atoms with E-state index < -0.39 is 113 Å². The highest BCUT2D eigenvalue weighted by atomic mass is 16.9. The topological polar surface area (TPSA) is 180 Å². The number of epoxide rings is 1. The van der Waals surface area contributed by atoms with Gasteiger partial charge < -0.3 is 48.5 Å². The zero-order chi connectivity index (χ0) is 50.9. The second-order valence-electron chi connectivity index (χ2n) is 22.9. The van der Waals surface area contributed by atoms with Crippen LogP contribution in [0.15, 0.2) is 72.8 Å². The first-order valence-electron chi connectivity index (χ1n) is 27.9. The van der Waals surface area contributed by atoms with Crippen molar-refractivity contribution < 1.29 is 62.9 Å². The third kappa shape index (κ3) is 9.42. The molecule has 16 unspecified atom stereocenters. The summed E-state index contributed by atoms with van der Waals surface area (Å²) in [6.07, 6.45) is 11.8.